The molecule has 2 atom stereocenters. The molecule has 1 fully saturated rings. The van der Waals surface area contributed by atoms with E-state index in [9.17, 15) is 4.79 Å². The Bertz CT molecular complexity index is 348. The lowest BCUT2D eigenvalue weighted by atomic mass is 10.3. The van der Waals surface area contributed by atoms with E-state index in [2.05, 4.69) is 17.1 Å². The molecule has 5 nitrogen and oxygen atoms in total. The van der Waals surface area contributed by atoms with Crippen LogP contribution in [0.2, 0.25) is 0 Å². The fourth-order valence-electron chi connectivity index (χ4n) is 1.33. The Morgan fingerprint density at radius 2 is 2.43 bits per heavy atom. The average molecular weight is 196 g/mol. The number of hydrogen-bond acceptors (Lipinski definition) is 5. The SMILES string of the molecule is CCOC(=O)c1noc([C@H]2C[C@H]2C)n1. The lowest BCUT2D eigenvalue weighted by Gasteiger charge is -1.93. The number of carbonyl (C=O) groups excluding carboxylic acids is 1. The van der Waals surface area contributed by atoms with Gasteiger partial charge in [-0.3, -0.25) is 0 Å². The second-order valence-corrected chi connectivity index (χ2v) is 3.50. The van der Waals surface area contributed by atoms with Gasteiger partial charge in [0.25, 0.3) is 5.82 Å². The van der Waals surface area contributed by atoms with Crippen LogP contribution in [0.3, 0.4) is 0 Å². The Morgan fingerprint density at radius 1 is 1.71 bits per heavy atom. The quantitative estimate of drug-likeness (QED) is 0.683. The minimum Gasteiger partial charge on any atom is -0.460 e. The molecule has 0 spiro atoms. The monoisotopic (exact) mass is 196 g/mol. The van der Waals surface area contributed by atoms with Gasteiger partial charge < -0.3 is 9.26 Å². The van der Waals surface area contributed by atoms with Gasteiger partial charge in [0.15, 0.2) is 0 Å². The minimum absolute atomic E-state index is 0.0287. The maximum atomic E-state index is 11.2. The first kappa shape index (κ1) is 9.18. The van der Waals surface area contributed by atoms with Gasteiger partial charge in [-0.2, -0.15) is 4.98 Å². The zero-order valence-corrected chi connectivity index (χ0v) is 8.19. The van der Waals surface area contributed by atoms with Crippen LogP contribution >= 0.6 is 0 Å². The number of esters is 1. The molecule has 0 unspecified atom stereocenters. The van der Waals surface area contributed by atoms with E-state index < -0.39 is 5.97 Å². The van der Waals surface area contributed by atoms with Crippen molar-refractivity contribution in [1.29, 1.82) is 0 Å². The highest BCUT2D eigenvalue weighted by Crippen LogP contribution is 2.45. The summed E-state index contributed by atoms with van der Waals surface area (Å²) in [7, 11) is 0. The lowest BCUT2D eigenvalue weighted by molar-refractivity contribution is 0.0508. The van der Waals surface area contributed by atoms with E-state index in [0.717, 1.165) is 6.42 Å². The summed E-state index contributed by atoms with van der Waals surface area (Å²) in [6, 6.07) is 0. The van der Waals surface area contributed by atoms with Crippen molar-refractivity contribution in [3.8, 4) is 0 Å². The molecule has 76 valence electrons. The lowest BCUT2D eigenvalue weighted by Crippen LogP contribution is -2.06. The predicted octanol–water partition coefficient (Wildman–Crippen LogP) is 1.37. The third kappa shape index (κ3) is 1.62. The van der Waals surface area contributed by atoms with Crippen molar-refractivity contribution < 1.29 is 14.1 Å². The van der Waals surface area contributed by atoms with Crippen LogP contribution in [0.15, 0.2) is 4.52 Å². The zero-order valence-electron chi connectivity index (χ0n) is 8.19. The summed E-state index contributed by atoms with van der Waals surface area (Å²) < 4.78 is 9.71. The second-order valence-electron chi connectivity index (χ2n) is 3.50. The van der Waals surface area contributed by atoms with Gasteiger partial charge in [0.2, 0.25) is 5.89 Å². The Balaban J connectivity index is 2.06. The fourth-order valence-corrected chi connectivity index (χ4v) is 1.33. The molecule has 1 aromatic rings. The third-order valence-corrected chi connectivity index (χ3v) is 2.33. The van der Waals surface area contributed by atoms with Crippen molar-refractivity contribution in [3.05, 3.63) is 11.7 Å². The fraction of sp³-hybridized carbons (Fsp3) is 0.667. The summed E-state index contributed by atoms with van der Waals surface area (Å²) in [5.41, 5.74) is 0. The normalized spacial score (nSPS) is 24.7. The standard InChI is InChI=1S/C9H12N2O3/c1-3-13-9(12)7-10-8(14-11-7)6-4-5(6)2/h5-6H,3-4H2,1-2H3/t5-,6+/m1/s1. The second kappa shape index (κ2) is 3.40. The largest absolute Gasteiger partial charge is 0.460 e. The molecule has 0 bridgehead atoms. The van der Waals surface area contributed by atoms with Gasteiger partial charge in [-0.1, -0.05) is 6.92 Å². The van der Waals surface area contributed by atoms with Gasteiger partial charge in [-0.15, -0.1) is 0 Å². The molecule has 0 aromatic carbocycles. The maximum absolute atomic E-state index is 11.2. The topological polar surface area (TPSA) is 65.2 Å². The highest BCUT2D eigenvalue weighted by Gasteiger charge is 2.39. The van der Waals surface area contributed by atoms with Gasteiger partial charge in [-0.05, 0) is 24.4 Å². The number of nitrogens with zero attached hydrogens (tertiary/aromatic N) is 2. The molecule has 1 aromatic heterocycles. The molecule has 14 heavy (non-hydrogen) atoms. The first-order valence-corrected chi connectivity index (χ1v) is 4.73. The zero-order chi connectivity index (χ0) is 10.1. The van der Waals surface area contributed by atoms with Gasteiger partial charge in [0.05, 0.1) is 6.61 Å². The Kier molecular flexibility index (Phi) is 2.23. The Labute approximate surface area is 81.4 Å². The molecule has 1 saturated carbocycles. The summed E-state index contributed by atoms with van der Waals surface area (Å²) in [5, 5.41) is 3.57. The first-order valence-electron chi connectivity index (χ1n) is 4.73. The molecule has 0 N–H and O–H groups in total. The van der Waals surface area contributed by atoms with E-state index in [1.54, 1.807) is 6.92 Å². The van der Waals surface area contributed by atoms with Crippen LogP contribution in [0.25, 0.3) is 0 Å². The number of aromatic nitrogens is 2. The third-order valence-electron chi connectivity index (χ3n) is 2.33. The molecule has 0 amide bonds. The molecular weight excluding hydrogens is 184 g/mol. The summed E-state index contributed by atoms with van der Waals surface area (Å²) in [6.45, 7) is 4.17. The number of carbonyl (C=O) groups is 1. The average Bonchev–Trinajstić information content (AvgIpc) is 2.70. The smallest absolute Gasteiger partial charge is 0.379 e. The van der Waals surface area contributed by atoms with Crippen LogP contribution in [0.1, 0.15) is 42.7 Å². The summed E-state index contributed by atoms with van der Waals surface area (Å²) in [4.78, 5) is 15.2. The van der Waals surface area contributed by atoms with Gasteiger partial charge in [0.1, 0.15) is 0 Å². The maximum Gasteiger partial charge on any atom is 0.379 e. The van der Waals surface area contributed by atoms with Crippen LogP contribution < -0.4 is 0 Å². The van der Waals surface area contributed by atoms with Crippen molar-refractivity contribution in [1.82, 2.24) is 10.1 Å². The van der Waals surface area contributed by atoms with E-state index in [-0.39, 0.29) is 5.82 Å². The van der Waals surface area contributed by atoms with Crippen LogP contribution in [0, 0.1) is 5.92 Å². The van der Waals surface area contributed by atoms with Crippen LogP contribution in [0.5, 0.6) is 0 Å². The van der Waals surface area contributed by atoms with Gasteiger partial charge in [0, 0.05) is 5.92 Å². The molecule has 0 saturated heterocycles. The Morgan fingerprint density at radius 3 is 3.00 bits per heavy atom. The highest BCUT2D eigenvalue weighted by atomic mass is 16.5. The van der Waals surface area contributed by atoms with Crippen molar-refractivity contribution >= 4 is 5.97 Å². The highest BCUT2D eigenvalue weighted by molar-refractivity contribution is 5.84. The van der Waals surface area contributed by atoms with Crippen LogP contribution in [-0.4, -0.2) is 22.7 Å². The molecular formula is C9H12N2O3. The van der Waals surface area contributed by atoms with Crippen molar-refractivity contribution in [2.75, 3.05) is 6.61 Å². The molecule has 5 heteroatoms. The molecule has 2 rings (SSSR count). The molecule has 1 aliphatic rings. The van der Waals surface area contributed by atoms with Gasteiger partial charge >= 0.3 is 5.97 Å². The van der Waals surface area contributed by atoms with Crippen molar-refractivity contribution in [2.24, 2.45) is 5.92 Å². The number of ether oxygens (including phenoxy) is 1. The van der Waals surface area contributed by atoms with E-state index >= 15 is 0 Å². The van der Waals surface area contributed by atoms with E-state index in [4.69, 9.17) is 9.26 Å². The summed E-state index contributed by atoms with van der Waals surface area (Å²) >= 11 is 0. The summed E-state index contributed by atoms with van der Waals surface area (Å²) in [5.74, 6) is 0.994. The molecule has 1 heterocycles. The van der Waals surface area contributed by atoms with E-state index in [1.165, 1.54) is 0 Å². The first-order chi connectivity index (χ1) is 6.72. The number of rotatable bonds is 3. The molecule has 1 aliphatic carbocycles. The van der Waals surface area contributed by atoms with E-state index in [1.807, 2.05) is 0 Å². The number of hydrogen-bond donors (Lipinski definition) is 0. The molecule has 0 aliphatic heterocycles. The van der Waals surface area contributed by atoms with Crippen molar-refractivity contribution in [2.45, 2.75) is 26.2 Å². The Hall–Kier alpha value is -1.39. The minimum atomic E-state index is -0.518. The predicted molar refractivity (Wildman–Crippen MR) is 46.8 cm³/mol. The van der Waals surface area contributed by atoms with Crippen LogP contribution in [-0.2, 0) is 4.74 Å². The van der Waals surface area contributed by atoms with Crippen molar-refractivity contribution in [3.63, 3.8) is 0 Å². The van der Waals surface area contributed by atoms with E-state index in [0.29, 0.717) is 24.3 Å². The van der Waals surface area contributed by atoms with Crippen LogP contribution in [0.4, 0.5) is 0 Å². The molecule has 0 radical (unpaired) electrons. The van der Waals surface area contributed by atoms with Gasteiger partial charge in [-0.25, -0.2) is 4.79 Å². The summed E-state index contributed by atoms with van der Waals surface area (Å²) in [6.07, 6.45) is 1.06.